The fourth-order valence-electron chi connectivity index (χ4n) is 1.60. The van der Waals surface area contributed by atoms with Gasteiger partial charge in [-0.2, -0.15) is 5.26 Å². The highest BCUT2D eigenvalue weighted by Gasteiger charge is 2.10. The maximum Gasteiger partial charge on any atom is 0.267 e. The van der Waals surface area contributed by atoms with Crippen molar-refractivity contribution in [3.05, 3.63) is 36.0 Å². The second-order valence-corrected chi connectivity index (χ2v) is 4.06. The van der Waals surface area contributed by atoms with Gasteiger partial charge in [-0.1, -0.05) is 0 Å². The lowest BCUT2D eigenvalue weighted by atomic mass is 10.2. The van der Waals surface area contributed by atoms with Gasteiger partial charge in [0.2, 0.25) is 0 Å². The lowest BCUT2D eigenvalue weighted by molar-refractivity contribution is -0.112. The van der Waals surface area contributed by atoms with Gasteiger partial charge in [0.05, 0.1) is 7.11 Å². The van der Waals surface area contributed by atoms with Crippen LogP contribution in [0.2, 0.25) is 0 Å². The molecule has 0 radical (unpaired) electrons. The topological polar surface area (TPSA) is 65.4 Å². The molecule has 5 nitrogen and oxygen atoms in total. The molecule has 5 heteroatoms. The molecule has 106 valence electrons. The van der Waals surface area contributed by atoms with Crippen molar-refractivity contribution < 1.29 is 9.53 Å². The number of anilines is 1. The van der Waals surface area contributed by atoms with Crippen molar-refractivity contribution >= 4 is 11.6 Å². The number of benzene rings is 1. The van der Waals surface area contributed by atoms with E-state index in [0.717, 1.165) is 13.1 Å². The van der Waals surface area contributed by atoms with E-state index in [4.69, 9.17) is 10.00 Å². The molecule has 0 fully saturated rings. The Morgan fingerprint density at radius 3 is 2.40 bits per heavy atom. The van der Waals surface area contributed by atoms with Crippen molar-refractivity contribution in [2.75, 3.05) is 25.5 Å². The van der Waals surface area contributed by atoms with Crippen LogP contribution in [0.15, 0.2) is 36.0 Å². The minimum Gasteiger partial charge on any atom is -0.497 e. The Balaban J connectivity index is 2.79. The van der Waals surface area contributed by atoms with Crippen LogP contribution in [0.3, 0.4) is 0 Å². The van der Waals surface area contributed by atoms with E-state index >= 15 is 0 Å². The zero-order chi connectivity index (χ0) is 15.0. The van der Waals surface area contributed by atoms with Gasteiger partial charge in [-0.25, -0.2) is 0 Å². The van der Waals surface area contributed by atoms with Crippen LogP contribution in [-0.4, -0.2) is 31.0 Å². The molecular formula is C15H19N3O2. The fraction of sp³-hybridized carbons (Fsp3) is 0.333. The van der Waals surface area contributed by atoms with E-state index in [1.165, 1.54) is 0 Å². The molecular weight excluding hydrogens is 254 g/mol. The average Bonchev–Trinajstić information content (AvgIpc) is 2.49. The first-order chi connectivity index (χ1) is 9.64. The van der Waals surface area contributed by atoms with Gasteiger partial charge in [0.1, 0.15) is 17.4 Å². The molecule has 0 bridgehead atoms. The van der Waals surface area contributed by atoms with Crippen LogP contribution in [0.25, 0.3) is 0 Å². The minimum absolute atomic E-state index is 0.0875. The lowest BCUT2D eigenvalue weighted by Crippen LogP contribution is -2.20. The second-order valence-electron chi connectivity index (χ2n) is 4.06. The van der Waals surface area contributed by atoms with Crippen LogP contribution < -0.4 is 10.1 Å². The highest BCUT2D eigenvalue weighted by atomic mass is 16.5. The van der Waals surface area contributed by atoms with Crippen LogP contribution in [-0.2, 0) is 4.79 Å². The summed E-state index contributed by atoms with van der Waals surface area (Å²) in [5, 5.41) is 11.8. The van der Waals surface area contributed by atoms with E-state index in [0.29, 0.717) is 11.4 Å². The molecule has 0 spiro atoms. The highest BCUT2D eigenvalue weighted by molar-refractivity contribution is 6.06. The number of hydrogen-bond donors (Lipinski definition) is 1. The number of hydrogen-bond acceptors (Lipinski definition) is 4. The van der Waals surface area contributed by atoms with Crippen molar-refractivity contribution in [3.8, 4) is 11.8 Å². The molecule has 1 aromatic carbocycles. The summed E-state index contributed by atoms with van der Waals surface area (Å²) in [5.74, 6) is 0.298. The zero-order valence-electron chi connectivity index (χ0n) is 12.0. The number of carbonyl (C=O) groups excluding carboxylic acids is 1. The maximum atomic E-state index is 12.0. The third kappa shape index (κ3) is 4.32. The van der Waals surface area contributed by atoms with Crippen molar-refractivity contribution in [2.45, 2.75) is 13.8 Å². The summed E-state index contributed by atoms with van der Waals surface area (Å²) < 4.78 is 5.04. The summed E-state index contributed by atoms with van der Waals surface area (Å²) in [4.78, 5) is 13.9. The standard InChI is InChI=1S/C15H19N3O2/c1-4-18(5-2)11-12(10-16)15(19)17-13-6-8-14(20-3)9-7-13/h6-9,11H,4-5H2,1-3H3,(H,17,19)/b12-11-. The van der Waals surface area contributed by atoms with Gasteiger partial charge in [-0.15, -0.1) is 0 Å². The fourth-order valence-corrected chi connectivity index (χ4v) is 1.60. The molecule has 0 heterocycles. The molecule has 0 saturated heterocycles. The predicted molar refractivity (Wildman–Crippen MR) is 78.2 cm³/mol. The molecule has 0 aliphatic rings. The van der Waals surface area contributed by atoms with Crippen molar-refractivity contribution in [1.29, 1.82) is 5.26 Å². The summed E-state index contributed by atoms with van der Waals surface area (Å²) in [6, 6.07) is 8.87. The largest absolute Gasteiger partial charge is 0.497 e. The number of carbonyl (C=O) groups is 1. The van der Waals surface area contributed by atoms with E-state index in [-0.39, 0.29) is 5.57 Å². The number of rotatable bonds is 6. The molecule has 0 atom stereocenters. The number of methoxy groups -OCH3 is 1. The van der Waals surface area contributed by atoms with E-state index in [1.54, 1.807) is 37.6 Å². The Labute approximate surface area is 119 Å². The molecule has 1 aromatic rings. The molecule has 1 N–H and O–H groups in total. The van der Waals surface area contributed by atoms with Crippen molar-refractivity contribution in [3.63, 3.8) is 0 Å². The van der Waals surface area contributed by atoms with E-state index in [1.807, 2.05) is 24.8 Å². The molecule has 1 rings (SSSR count). The Bertz CT molecular complexity index is 511. The zero-order valence-corrected chi connectivity index (χ0v) is 12.0. The quantitative estimate of drug-likeness (QED) is 0.638. The van der Waals surface area contributed by atoms with Crippen LogP contribution in [0, 0.1) is 11.3 Å². The van der Waals surface area contributed by atoms with Gasteiger partial charge >= 0.3 is 0 Å². The Hall–Kier alpha value is -2.48. The number of ether oxygens (including phenoxy) is 1. The summed E-state index contributed by atoms with van der Waals surface area (Å²) in [7, 11) is 1.58. The van der Waals surface area contributed by atoms with Gasteiger partial charge < -0.3 is 15.0 Å². The van der Waals surface area contributed by atoms with Crippen LogP contribution >= 0.6 is 0 Å². The molecule has 20 heavy (non-hydrogen) atoms. The Kier molecular flexibility index (Phi) is 6.11. The van der Waals surface area contributed by atoms with Gasteiger partial charge in [0.25, 0.3) is 5.91 Å². The van der Waals surface area contributed by atoms with Crippen molar-refractivity contribution in [1.82, 2.24) is 4.90 Å². The van der Waals surface area contributed by atoms with Gasteiger partial charge in [-0.05, 0) is 38.1 Å². The van der Waals surface area contributed by atoms with Crippen LogP contribution in [0.5, 0.6) is 5.75 Å². The number of nitrogens with one attached hydrogen (secondary N) is 1. The van der Waals surface area contributed by atoms with Crippen LogP contribution in [0.1, 0.15) is 13.8 Å². The van der Waals surface area contributed by atoms with Crippen LogP contribution in [0.4, 0.5) is 5.69 Å². The average molecular weight is 273 g/mol. The predicted octanol–water partition coefficient (Wildman–Crippen LogP) is 2.38. The van der Waals surface area contributed by atoms with E-state index < -0.39 is 5.91 Å². The smallest absolute Gasteiger partial charge is 0.267 e. The first kappa shape index (κ1) is 15.6. The van der Waals surface area contributed by atoms with Gasteiger partial charge in [0, 0.05) is 25.0 Å². The van der Waals surface area contributed by atoms with Crippen molar-refractivity contribution in [2.24, 2.45) is 0 Å². The third-order valence-corrected chi connectivity index (χ3v) is 2.84. The second kappa shape index (κ2) is 7.85. The number of nitriles is 1. The summed E-state index contributed by atoms with van der Waals surface area (Å²) in [6.07, 6.45) is 1.58. The number of amides is 1. The Morgan fingerprint density at radius 1 is 1.35 bits per heavy atom. The highest BCUT2D eigenvalue weighted by Crippen LogP contribution is 2.15. The molecule has 0 saturated carbocycles. The van der Waals surface area contributed by atoms with E-state index in [2.05, 4.69) is 5.32 Å². The van der Waals surface area contributed by atoms with E-state index in [9.17, 15) is 4.79 Å². The SMILES string of the molecule is CCN(/C=C(/C#N)C(=O)Nc1ccc(OC)cc1)CC. The summed E-state index contributed by atoms with van der Waals surface area (Å²) in [6.45, 7) is 5.43. The normalized spacial score (nSPS) is 10.6. The molecule has 0 unspecified atom stereocenters. The van der Waals surface area contributed by atoms with Gasteiger partial charge in [-0.3, -0.25) is 4.79 Å². The lowest BCUT2D eigenvalue weighted by Gasteiger charge is -2.15. The Morgan fingerprint density at radius 2 is 1.95 bits per heavy atom. The molecule has 0 aliphatic carbocycles. The summed E-state index contributed by atoms with van der Waals surface area (Å²) >= 11 is 0. The third-order valence-electron chi connectivity index (χ3n) is 2.84. The monoisotopic (exact) mass is 273 g/mol. The maximum absolute atomic E-state index is 12.0. The molecule has 1 amide bonds. The first-order valence-electron chi connectivity index (χ1n) is 6.46. The summed E-state index contributed by atoms with van der Waals surface area (Å²) in [5.41, 5.74) is 0.709. The first-order valence-corrected chi connectivity index (χ1v) is 6.46. The molecule has 0 aliphatic heterocycles. The molecule has 0 aromatic heterocycles. The minimum atomic E-state index is -0.412. The number of nitrogens with zero attached hydrogens (tertiary/aromatic N) is 2. The van der Waals surface area contributed by atoms with Gasteiger partial charge in [0.15, 0.2) is 0 Å².